The number of hydrogen-bond donors (Lipinski definition) is 1. The zero-order valence-electron chi connectivity index (χ0n) is 11.4. The molecule has 2 N–H and O–H groups in total. The van der Waals surface area contributed by atoms with Crippen LogP contribution in [-0.4, -0.2) is 5.97 Å². The summed E-state index contributed by atoms with van der Waals surface area (Å²) in [5.74, 6) is -0.386. The minimum absolute atomic E-state index is 0.253. The summed E-state index contributed by atoms with van der Waals surface area (Å²) in [5.41, 5.74) is 9.95. The van der Waals surface area contributed by atoms with Crippen LogP contribution in [0.5, 0.6) is 0 Å². The Morgan fingerprint density at radius 1 is 1.15 bits per heavy atom. The van der Waals surface area contributed by atoms with Crippen molar-refractivity contribution in [1.82, 2.24) is 0 Å². The molecule has 0 radical (unpaired) electrons. The Morgan fingerprint density at radius 3 is 2.45 bits per heavy atom. The first-order chi connectivity index (χ1) is 9.45. The van der Waals surface area contributed by atoms with Gasteiger partial charge in [-0.3, -0.25) is 0 Å². The lowest BCUT2D eigenvalue weighted by atomic mass is 10.1. The molecule has 0 aliphatic heterocycles. The topological polar surface area (TPSA) is 52.3 Å². The van der Waals surface area contributed by atoms with E-state index in [0.29, 0.717) is 15.7 Å². The van der Waals surface area contributed by atoms with Crippen molar-refractivity contribution >= 4 is 27.6 Å². The van der Waals surface area contributed by atoms with Crippen LogP contribution in [0, 0.1) is 13.8 Å². The molecule has 2 rings (SSSR count). The van der Waals surface area contributed by atoms with Crippen molar-refractivity contribution in [1.29, 1.82) is 0 Å². The van der Waals surface area contributed by atoms with E-state index in [9.17, 15) is 4.79 Å². The average Bonchev–Trinajstić information content (AvgIpc) is 2.38. The Morgan fingerprint density at radius 2 is 1.80 bits per heavy atom. The van der Waals surface area contributed by atoms with Gasteiger partial charge in [0.05, 0.1) is 5.56 Å². The van der Waals surface area contributed by atoms with E-state index >= 15 is 0 Å². The van der Waals surface area contributed by atoms with Gasteiger partial charge >= 0.3 is 5.97 Å². The Hall–Kier alpha value is -1.81. The van der Waals surface area contributed by atoms with Crippen LogP contribution in [0.3, 0.4) is 0 Å². The summed E-state index contributed by atoms with van der Waals surface area (Å²) >= 11 is 3.32. The molecule has 0 heterocycles. The van der Waals surface area contributed by atoms with Crippen molar-refractivity contribution in [2.45, 2.75) is 20.5 Å². The SMILES string of the molecule is Cc1cc(C)cc(COC(=O)c2cc(N)ccc2Br)c1. The lowest BCUT2D eigenvalue weighted by Gasteiger charge is -2.08. The third kappa shape index (κ3) is 3.61. The van der Waals surface area contributed by atoms with Crippen LogP contribution in [0.4, 0.5) is 5.69 Å². The molecule has 3 nitrogen and oxygen atoms in total. The molecule has 0 spiro atoms. The largest absolute Gasteiger partial charge is 0.457 e. The molecule has 20 heavy (non-hydrogen) atoms. The highest BCUT2D eigenvalue weighted by atomic mass is 79.9. The molecule has 0 saturated carbocycles. The van der Waals surface area contributed by atoms with Crippen LogP contribution in [0.1, 0.15) is 27.0 Å². The lowest BCUT2D eigenvalue weighted by molar-refractivity contribution is 0.0471. The van der Waals surface area contributed by atoms with Gasteiger partial charge in [-0.05, 0) is 53.5 Å². The molecule has 0 unspecified atom stereocenters. The predicted octanol–water partition coefficient (Wildman–Crippen LogP) is 4.01. The van der Waals surface area contributed by atoms with Gasteiger partial charge in [-0.1, -0.05) is 29.3 Å². The second-order valence-electron chi connectivity index (χ2n) is 4.81. The van der Waals surface area contributed by atoms with Crippen molar-refractivity contribution < 1.29 is 9.53 Å². The minimum Gasteiger partial charge on any atom is -0.457 e. The monoisotopic (exact) mass is 333 g/mol. The Bertz CT molecular complexity index is 633. The van der Waals surface area contributed by atoms with Crippen molar-refractivity contribution in [3.63, 3.8) is 0 Å². The number of rotatable bonds is 3. The number of carbonyl (C=O) groups excluding carboxylic acids is 1. The minimum atomic E-state index is -0.386. The van der Waals surface area contributed by atoms with Gasteiger partial charge in [0.2, 0.25) is 0 Å². The number of esters is 1. The van der Waals surface area contributed by atoms with Crippen LogP contribution in [0.25, 0.3) is 0 Å². The number of benzene rings is 2. The maximum absolute atomic E-state index is 12.1. The van der Waals surface area contributed by atoms with Crippen LogP contribution in [0.15, 0.2) is 40.9 Å². The highest BCUT2D eigenvalue weighted by Gasteiger charge is 2.12. The maximum Gasteiger partial charge on any atom is 0.339 e. The lowest BCUT2D eigenvalue weighted by Crippen LogP contribution is -2.07. The summed E-state index contributed by atoms with van der Waals surface area (Å²) in [5, 5.41) is 0. The normalized spacial score (nSPS) is 10.3. The molecule has 0 bridgehead atoms. The number of nitrogen functional groups attached to an aromatic ring is 1. The van der Waals surface area contributed by atoms with Gasteiger partial charge in [-0.15, -0.1) is 0 Å². The van der Waals surface area contributed by atoms with E-state index in [4.69, 9.17) is 10.5 Å². The number of anilines is 1. The molecule has 2 aromatic rings. The first-order valence-electron chi connectivity index (χ1n) is 6.25. The van der Waals surface area contributed by atoms with Gasteiger partial charge in [0.15, 0.2) is 0 Å². The van der Waals surface area contributed by atoms with E-state index in [1.165, 1.54) is 0 Å². The number of halogens is 1. The van der Waals surface area contributed by atoms with Crippen LogP contribution < -0.4 is 5.73 Å². The summed E-state index contributed by atoms with van der Waals surface area (Å²) in [4.78, 5) is 12.1. The quantitative estimate of drug-likeness (QED) is 0.682. The average molecular weight is 334 g/mol. The number of carbonyl (C=O) groups is 1. The summed E-state index contributed by atoms with van der Waals surface area (Å²) < 4.78 is 6.01. The molecule has 0 saturated heterocycles. The number of aryl methyl sites for hydroxylation is 2. The molecule has 104 valence electrons. The van der Waals surface area contributed by atoms with Gasteiger partial charge < -0.3 is 10.5 Å². The molecule has 0 atom stereocenters. The Balaban J connectivity index is 2.10. The number of hydrogen-bond acceptors (Lipinski definition) is 3. The van der Waals surface area contributed by atoms with E-state index in [-0.39, 0.29) is 12.6 Å². The molecular formula is C16H16BrNO2. The highest BCUT2D eigenvalue weighted by molar-refractivity contribution is 9.10. The maximum atomic E-state index is 12.1. The molecule has 0 fully saturated rings. The zero-order valence-corrected chi connectivity index (χ0v) is 13.0. The second-order valence-corrected chi connectivity index (χ2v) is 5.67. The second kappa shape index (κ2) is 6.09. The van der Waals surface area contributed by atoms with Gasteiger partial charge in [0, 0.05) is 10.2 Å². The Kier molecular flexibility index (Phi) is 4.45. The standard InChI is InChI=1S/C16H16BrNO2/c1-10-5-11(2)7-12(6-10)9-20-16(19)14-8-13(18)3-4-15(14)17/h3-8H,9,18H2,1-2H3. The molecule has 0 aromatic heterocycles. The van der Waals surface area contributed by atoms with E-state index in [1.807, 2.05) is 26.0 Å². The van der Waals surface area contributed by atoms with E-state index in [1.54, 1.807) is 18.2 Å². The molecular weight excluding hydrogens is 318 g/mol. The van der Waals surface area contributed by atoms with E-state index in [2.05, 4.69) is 22.0 Å². The third-order valence-electron chi connectivity index (χ3n) is 2.86. The summed E-state index contributed by atoms with van der Waals surface area (Å²) in [6.07, 6.45) is 0. The van der Waals surface area contributed by atoms with E-state index < -0.39 is 0 Å². The number of ether oxygens (including phenoxy) is 1. The van der Waals surface area contributed by atoms with Crippen LogP contribution in [0.2, 0.25) is 0 Å². The molecule has 4 heteroatoms. The fourth-order valence-corrected chi connectivity index (χ4v) is 2.49. The van der Waals surface area contributed by atoms with Crippen molar-refractivity contribution in [3.05, 3.63) is 63.1 Å². The fourth-order valence-electron chi connectivity index (χ4n) is 2.08. The Labute approximate surface area is 126 Å². The van der Waals surface area contributed by atoms with Crippen LogP contribution in [-0.2, 0) is 11.3 Å². The first kappa shape index (κ1) is 14.6. The molecule has 0 aliphatic carbocycles. The van der Waals surface area contributed by atoms with Crippen molar-refractivity contribution in [2.24, 2.45) is 0 Å². The smallest absolute Gasteiger partial charge is 0.339 e. The van der Waals surface area contributed by atoms with Crippen molar-refractivity contribution in [3.8, 4) is 0 Å². The van der Waals surface area contributed by atoms with Crippen LogP contribution >= 0.6 is 15.9 Å². The number of nitrogens with two attached hydrogens (primary N) is 1. The molecule has 0 amide bonds. The third-order valence-corrected chi connectivity index (χ3v) is 3.55. The highest BCUT2D eigenvalue weighted by Crippen LogP contribution is 2.21. The van der Waals surface area contributed by atoms with Gasteiger partial charge in [-0.2, -0.15) is 0 Å². The van der Waals surface area contributed by atoms with Gasteiger partial charge in [0.1, 0.15) is 6.61 Å². The summed E-state index contributed by atoms with van der Waals surface area (Å²) in [6.45, 7) is 4.29. The molecule has 2 aromatic carbocycles. The zero-order chi connectivity index (χ0) is 14.7. The molecule has 0 aliphatic rings. The first-order valence-corrected chi connectivity index (χ1v) is 7.04. The predicted molar refractivity (Wildman–Crippen MR) is 83.6 cm³/mol. The van der Waals surface area contributed by atoms with E-state index in [0.717, 1.165) is 16.7 Å². The summed E-state index contributed by atoms with van der Waals surface area (Å²) in [6, 6.07) is 11.2. The van der Waals surface area contributed by atoms with Gasteiger partial charge in [-0.25, -0.2) is 4.79 Å². The van der Waals surface area contributed by atoms with Gasteiger partial charge in [0.25, 0.3) is 0 Å². The van der Waals surface area contributed by atoms with Crippen molar-refractivity contribution in [2.75, 3.05) is 5.73 Å². The fraction of sp³-hybridized carbons (Fsp3) is 0.188. The summed E-state index contributed by atoms with van der Waals surface area (Å²) in [7, 11) is 0.